The number of benzene rings is 4. The largest absolute Gasteiger partial charge is 0.493 e. The number of hydrogen-bond donors (Lipinski definition) is 1. The predicted molar refractivity (Wildman–Crippen MR) is 167 cm³/mol. The summed E-state index contributed by atoms with van der Waals surface area (Å²) < 4.78 is 43.8. The number of ether oxygens (including phenoxy) is 3. The summed E-state index contributed by atoms with van der Waals surface area (Å²) in [6.45, 7) is 1.92. The van der Waals surface area contributed by atoms with Crippen LogP contribution in [0, 0.1) is 6.92 Å². The summed E-state index contributed by atoms with van der Waals surface area (Å²) in [6, 6.07) is 27.1. The lowest BCUT2D eigenvalue weighted by molar-refractivity contribution is -0.119. The Hall–Kier alpha value is -4.35. The minimum absolute atomic E-state index is 0.312. The maximum atomic E-state index is 12.6. The van der Waals surface area contributed by atoms with Gasteiger partial charge in [-0.2, -0.15) is 5.10 Å². The summed E-state index contributed by atoms with van der Waals surface area (Å²) in [5, 5.41) is 4.00. The number of nitrogens with zero attached hydrogens (tertiary/aromatic N) is 2. The SMILES string of the molecule is COc1cc(/C=N\NC(=O)CN(c2ccc(Oc3ccccc3)cc2)S(C)(=O)=O)cc(Br)c1OCc1ccc(C)cc1. The zero-order valence-corrected chi connectivity index (χ0v) is 25.7. The lowest BCUT2D eigenvalue weighted by Gasteiger charge is -2.21. The molecule has 0 bridgehead atoms. The topological polar surface area (TPSA) is 107 Å². The number of hydrogen-bond acceptors (Lipinski definition) is 7. The number of sulfonamides is 1. The second-order valence-corrected chi connectivity index (χ2v) is 12.0. The van der Waals surface area contributed by atoms with Gasteiger partial charge in [0.2, 0.25) is 10.0 Å². The molecule has 1 N–H and O–H groups in total. The van der Waals surface area contributed by atoms with E-state index in [0.717, 1.165) is 16.1 Å². The van der Waals surface area contributed by atoms with Crippen LogP contribution in [0.5, 0.6) is 23.0 Å². The summed E-state index contributed by atoms with van der Waals surface area (Å²) in [5.74, 6) is 1.57. The normalized spacial score (nSPS) is 11.2. The molecule has 0 fully saturated rings. The minimum atomic E-state index is -3.77. The third-order valence-electron chi connectivity index (χ3n) is 5.95. The first-order valence-electron chi connectivity index (χ1n) is 12.8. The van der Waals surface area contributed by atoms with Crippen molar-refractivity contribution in [1.82, 2.24) is 5.43 Å². The monoisotopic (exact) mass is 651 g/mol. The quantitative estimate of drug-likeness (QED) is 0.148. The first kappa shape index (κ1) is 30.6. The third-order valence-corrected chi connectivity index (χ3v) is 7.68. The second kappa shape index (κ2) is 14.0. The minimum Gasteiger partial charge on any atom is -0.493 e. The van der Waals surface area contributed by atoms with Crippen LogP contribution < -0.4 is 23.9 Å². The van der Waals surface area contributed by atoms with Gasteiger partial charge < -0.3 is 14.2 Å². The average molecular weight is 653 g/mol. The van der Waals surface area contributed by atoms with E-state index >= 15 is 0 Å². The van der Waals surface area contributed by atoms with Crippen molar-refractivity contribution in [1.29, 1.82) is 0 Å². The predicted octanol–water partition coefficient (Wildman–Crippen LogP) is 6.05. The summed E-state index contributed by atoms with van der Waals surface area (Å²) in [6.07, 6.45) is 2.46. The number of para-hydroxylation sites is 1. The molecular formula is C31H30BrN3O6S. The molecule has 4 aromatic carbocycles. The summed E-state index contributed by atoms with van der Waals surface area (Å²) in [4.78, 5) is 12.6. The van der Waals surface area contributed by atoms with E-state index in [1.54, 1.807) is 36.4 Å². The molecule has 0 saturated heterocycles. The van der Waals surface area contributed by atoms with Crippen molar-refractivity contribution in [2.75, 3.05) is 24.2 Å². The molecule has 0 heterocycles. The molecule has 0 saturated carbocycles. The summed E-state index contributed by atoms with van der Waals surface area (Å²) in [7, 11) is -2.23. The van der Waals surface area contributed by atoms with Crippen molar-refractivity contribution in [3.63, 3.8) is 0 Å². The molecule has 0 aliphatic carbocycles. The highest BCUT2D eigenvalue weighted by atomic mass is 79.9. The van der Waals surface area contributed by atoms with Crippen molar-refractivity contribution in [2.24, 2.45) is 5.10 Å². The number of halogens is 1. The van der Waals surface area contributed by atoms with E-state index in [4.69, 9.17) is 14.2 Å². The molecule has 4 aromatic rings. The van der Waals surface area contributed by atoms with E-state index in [9.17, 15) is 13.2 Å². The van der Waals surface area contributed by atoms with Gasteiger partial charge in [0.05, 0.1) is 29.7 Å². The van der Waals surface area contributed by atoms with E-state index in [1.807, 2.05) is 61.5 Å². The van der Waals surface area contributed by atoms with Crippen LogP contribution in [0.2, 0.25) is 0 Å². The number of aryl methyl sites for hydroxylation is 1. The molecule has 42 heavy (non-hydrogen) atoms. The number of hydrazone groups is 1. The van der Waals surface area contributed by atoms with Gasteiger partial charge in [-0.25, -0.2) is 13.8 Å². The molecule has 4 rings (SSSR count). The Balaban J connectivity index is 1.39. The third kappa shape index (κ3) is 8.58. The number of carbonyl (C=O) groups is 1. The van der Waals surface area contributed by atoms with Crippen LogP contribution in [-0.2, 0) is 21.4 Å². The zero-order valence-electron chi connectivity index (χ0n) is 23.3. The molecule has 0 unspecified atom stereocenters. The van der Waals surface area contributed by atoms with E-state index in [-0.39, 0.29) is 0 Å². The van der Waals surface area contributed by atoms with Crippen molar-refractivity contribution in [3.8, 4) is 23.0 Å². The van der Waals surface area contributed by atoms with Crippen LogP contribution in [0.1, 0.15) is 16.7 Å². The van der Waals surface area contributed by atoms with Gasteiger partial charge in [-0.1, -0.05) is 48.0 Å². The van der Waals surface area contributed by atoms with Crippen molar-refractivity contribution in [3.05, 3.63) is 112 Å². The van der Waals surface area contributed by atoms with E-state index in [0.29, 0.717) is 45.3 Å². The van der Waals surface area contributed by atoms with Gasteiger partial charge in [-0.3, -0.25) is 9.10 Å². The highest BCUT2D eigenvalue weighted by Gasteiger charge is 2.21. The first-order chi connectivity index (χ1) is 20.1. The Morgan fingerprint density at radius 1 is 0.976 bits per heavy atom. The summed E-state index contributed by atoms with van der Waals surface area (Å²) >= 11 is 3.51. The fourth-order valence-corrected chi connectivity index (χ4v) is 5.27. The van der Waals surface area contributed by atoms with Crippen LogP contribution in [0.25, 0.3) is 0 Å². The molecule has 0 aromatic heterocycles. The molecule has 0 atom stereocenters. The molecule has 0 radical (unpaired) electrons. The van der Waals surface area contributed by atoms with Crippen LogP contribution >= 0.6 is 15.9 Å². The molecule has 11 heteroatoms. The van der Waals surface area contributed by atoms with Crippen molar-refractivity contribution in [2.45, 2.75) is 13.5 Å². The Bertz CT molecular complexity index is 1650. The lowest BCUT2D eigenvalue weighted by atomic mass is 10.2. The smallest absolute Gasteiger partial charge is 0.260 e. The number of nitrogens with one attached hydrogen (secondary N) is 1. The van der Waals surface area contributed by atoms with E-state index in [1.165, 1.54) is 18.9 Å². The van der Waals surface area contributed by atoms with Gasteiger partial charge in [0, 0.05) is 0 Å². The van der Waals surface area contributed by atoms with Crippen molar-refractivity contribution < 1.29 is 27.4 Å². The van der Waals surface area contributed by atoms with E-state index < -0.39 is 22.5 Å². The van der Waals surface area contributed by atoms with Crippen LogP contribution in [0.4, 0.5) is 5.69 Å². The van der Waals surface area contributed by atoms with Gasteiger partial charge in [0.15, 0.2) is 11.5 Å². The van der Waals surface area contributed by atoms with Gasteiger partial charge in [0.25, 0.3) is 5.91 Å². The Labute approximate surface area is 253 Å². The van der Waals surface area contributed by atoms with Crippen LogP contribution in [-0.4, -0.2) is 40.4 Å². The fraction of sp³-hybridized carbons (Fsp3) is 0.161. The lowest BCUT2D eigenvalue weighted by Crippen LogP contribution is -2.39. The average Bonchev–Trinajstić information content (AvgIpc) is 2.96. The zero-order chi connectivity index (χ0) is 30.1. The van der Waals surface area contributed by atoms with Gasteiger partial charge >= 0.3 is 0 Å². The Morgan fingerprint density at radius 3 is 2.29 bits per heavy atom. The highest BCUT2D eigenvalue weighted by molar-refractivity contribution is 9.10. The maximum absolute atomic E-state index is 12.6. The Kier molecular flexibility index (Phi) is 10.2. The van der Waals surface area contributed by atoms with Crippen LogP contribution in [0.3, 0.4) is 0 Å². The molecule has 0 spiro atoms. The first-order valence-corrected chi connectivity index (χ1v) is 15.4. The maximum Gasteiger partial charge on any atom is 0.260 e. The van der Waals surface area contributed by atoms with Gasteiger partial charge in [-0.05, 0) is 82.5 Å². The number of rotatable bonds is 12. The van der Waals surface area contributed by atoms with Crippen LogP contribution in [0.15, 0.2) is 101 Å². The number of amides is 1. The second-order valence-electron chi connectivity index (χ2n) is 9.28. The van der Waals surface area contributed by atoms with Crippen molar-refractivity contribution >= 4 is 43.8 Å². The van der Waals surface area contributed by atoms with Gasteiger partial charge in [0.1, 0.15) is 24.7 Å². The fourth-order valence-electron chi connectivity index (χ4n) is 3.84. The molecule has 218 valence electrons. The molecular weight excluding hydrogens is 622 g/mol. The van der Waals surface area contributed by atoms with Gasteiger partial charge in [-0.15, -0.1) is 0 Å². The number of methoxy groups -OCH3 is 1. The summed E-state index contributed by atoms with van der Waals surface area (Å²) in [5.41, 5.74) is 5.50. The standard InChI is InChI=1S/C31H30BrN3O6S/c1-22-9-11-23(12-10-22)21-40-31-28(32)17-24(18-29(31)39-2)19-33-34-30(36)20-35(42(3,37)38)25-13-15-27(16-14-25)41-26-7-5-4-6-8-26/h4-19H,20-21H2,1-3H3,(H,34,36)/b33-19-. The number of anilines is 1. The molecule has 0 aliphatic heterocycles. The highest BCUT2D eigenvalue weighted by Crippen LogP contribution is 2.37. The molecule has 1 amide bonds. The molecule has 0 aliphatic rings. The Morgan fingerprint density at radius 2 is 1.64 bits per heavy atom. The van der Waals surface area contributed by atoms with E-state index in [2.05, 4.69) is 26.5 Å². The number of carbonyl (C=O) groups excluding carboxylic acids is 1. The molecule has 9 nitrogen and oxygen atoms in total.